The average Bonchev–Trinajstić information content (AvgIpc) is 2.47. The van der Waals surface area contributed by atoms with E-state index < -0.39 is 6.10 Å². The van der Waals surface area contributed by atoms with E-state index in [9.17, 15) is 9.50 Å². The molecule has 102 valence electrons. The molecule has 0 radical (unpaired) electrons. The first-order valence-electron chi connectivity index (χ1n) is 6.32. The van der Waals surface area contributed by atoms with E-state index in [2.05, 4.69) is 11.4 Å². The van der Waals surface area contributed by atoms with Crippen LogP contribution in [-0.4, -0.2) is 11.7 Å². The number of aliphatic hydroxyl groups excluding tert-OH is 1. The second-order valence-electron chi connectivity index (χ2n) is 4.51. The van der Waals surface area contributed by atoms with Crippen LogP contribution >= 0.6 is 0 Å². The molecule has 0 saturated heterocycles. The predicted molar refractivity (Wildman–Crippen MR) is 74.2 cm³/mol. The van der Waals surface area contributed by atoms with E-state index >= 15 is 0 Å². The molecule has 2 aromatic rings. The van der Waals surface area contributed by atoms with Gasteiger partial charge in [0.05, 0.1) is 17.7 Å². The van der Waals surface area contributed by atoms with E-state index in [0.717, 1.165) is 5.56 Å². The zero-order valence-electron chi connectivity index (χ0n) is 10.9. The van der Waals surface area contributed by atoms with Gasteiger partial charge in [-0.1, -0.05) is 24.3 Å². The number of hydrogen-bond acceptors (Lipinski definition) is 3. The SMILES string of the molecule is N#Cc1cccc(CNCC(O)c2cccc(F)c2)c1. The van der Waals surface area contributed by atoms with Crippen molar-refractivity contribution in [2.24, 2.45) is 0 Å². The Morgan fingerprint density at radius 2 is 2.00 bits per heavy atom. The third-order valence-electron chi connectivity index (χ3n) is 2.96. The molecule has 1 atom stereocenters. The lowest BCUT2D eigenvalue weighted by molar-refractivity contribution is 0.174. The lowest BCUT2D eigenvalue weighted by Crippen LogP contribution is -2.21. The fourth-order valence-corrected chi connectivity index (χ4v) is 1.94. The minimum atomic E-state index is -0.759. The van der Waals surface area contributed by atoms with Crippen LogP contribution in [0, 0.1) is 17.1 Å². The Labute approximate surface area is 117 Å². The van der Waals surface area contributed by atoms with E-state index in [1.807, 2.05) is 12.1 Å². The van der Waals surface area contributed by atoms with Gasteiger partial charge in [-0.2, -0.15) is 5.26 Å². The zero-order chi connectivity index (χ0) is 14.4. The van der Waals surface area contributed by atoms with Crippen molar-refractivity contribution in [3.8, 4) is 6.07 Å². The molecule has 0 aromatic heterocycles. The summed E-state index contributed by atoms with van der Waals surface area (Å²) in [6.45, 7) is 0.863. The minimum Gasteiger partial charge on any atom is -0.387 e. The van der Waals surface area contributed by atoms with Gasteiger partial charge >= 0.3 is 0 Å². The quantitative estimate of drug-likeness (QED) is 0.877. The van der Waals surface area contributed by atoms with Crippen molar-refractivity contribution >= 4 is 0 Å². The van der Waals surface area contributed by atoms with Gasteiger partial charge in [-0.25, -0.2) is 4.39 Å². The maximum absolute atomic E-state index is 13.0. The second kappa shape index (κ2) is 6.80. The van der Waals surface area contributed by atoms with Crippen LogP contribution in [0.25, 0.3) is 0 Å². The molecular formula is C16H15FN2O. The van der Waals surface area contributed by atoms with Crippen molar-refractivity contribution in [1.82, 2.24) is 5.32 Å². The number of hydrogen-bond donors (Lipinski definition) is 2. The molecule has 0 bridgehead atoms. The summed E-state index contributed by atoms with van der Waals surface area (Å²) in [5, 5.41) is 21.8. The van der Waals surface area contributed by atoms with Gasteiger partial charge in [-0.05, 0) is 35.4 Å². The highest BCUT2D eigenvalue weighted by Gasteiger charge is 2.07. The summed E-state index contributed by atoms with van der Waals surface area (Å²) in [4.78, 5) is 0. The molecule has 1 unspecified atom stereocenters. The Balaban J connectivity index is 1.88. The van der Waals surface area contributed by atoms with Gasteiger partial charge in [0.15, 0.2) is 0 Å². The van der Waals surface area contributed by atoms with Crippen LogP contribution in [0.15, 0.2) is 48.5 Å². The van der Waals surface area contributed by atoms with Gasteiger partial charge in [-0.3, -0.25) is 0 Å². The highest BCUT2D eigenvalue weighted by atomic mass is 19.1. The van der Waals surface area contributed by atoms with Crippen molar-refractivity contribution < 1.29 is 9.50 Å². The highest BCUT2D eigenvalue weighted by molar-refractivity contribution is 5.32. The topological polar surface area (TPSA) is 56.0 Å². The summed E-state index contributed by atoms with van der Waals surface area (Å²) >= 11 is 0. The monoisotopic (exact) mass is 270 g/mol. The number of nitrogens with zero attached hydrogens (tertiary/aromatic N) is 1. The third-order valence-corrected chi connectivity index (χ3v) is 2.96. The first kappa shape index (κ1) is 14.2. The molecule has 2 N–H and O–H groups in total. The number of aliphatic hydroxyl groups is 1. The minimum absolute atomic E-state index is 0.320. The molecule has 0 aliphatic rings. The smallest absolute Gasteiger partial charge is 0.123 e. The molecular weight excluding hydrogens is 255 g/mol. The average molecular weight is 270 g/mol. The molecule has 3 nitrogen and oxygen atoms in total. The van der Waals surface area contributed by atoms with E-state index in [-0.39, 0.29) is 5.82 Å². The number of halogens is 1. The summed E-state index contributed by atoms with van der Waals surface area (Å²) in [6.07, 6.45) is -0.759. The Morgan fingerprint density at radius 3 is 2.75 bits per heavy atom. The molecule has 0 aliphatic heterocycles. The molecule has 2 aromatic carbocycles. The standard InChI is InChI=1S/C16H15FN2O/c17-15-6-2-5-14(8-15)16(20)11-19-10-13-4-1-3-12(7-13)9-18/h1-8,16,19-20H,10-11H2. The summed E-state index contributed by atoms with van der Waals surface area (Å²) in [5.74, 6) is -0.358. The fourth-order valence-electron chi connectivity index (χ4n) is 1.94. The van der Waals surface area contributed by atoms with Crippen molar-refractivity contribution in [2.45, 2.75) is 12.6 Å². The molecule has 0 fully saturated rings. The third kappa shape index (κ3) is 3.89. The van der Waals surface area contributed by atoms with Crippen molar-refractivity contribution in [2.75, 3.05) is 6.54 Å². The van der Waals surface area contributed by atoms with Crippen LogP contribution in [-0.2, 0) is 6.54 Å². The van der Waals surface area contributed by atoms with Crippen LogP contribution in [0.4, 0.5) is 4.39 Å². The van der Waals surface area contributed by atoms with Gasteiger partial charge in [0, 0.05) is 13.1 Å². The molecule has 4 heteroatoms. The number of nitrogens with one attached hydrogen (secondary N) is 1. The maximum Gasteiger partial charge on any atom is 0.123 e. The maximum atomic E-state index is 13.0. The molecule has 0 amide bonds. The van der Waals surface area contributed by atoms with Gasteiger partial charge in [0.1, 0.15) is 5.82 Å². The molecule has 0 saturated carbocycles. The Kier molecular flexibility index (Phi) is 4.83. The van der Waals surface area contributed by atoms with Crippen LogP contribution in [0.5, 0.6) is 0 Å². The molecule has 0 heterocycles. The van der Waals surface area contributed by atoms with Crippen LogP contribution < -0.4 is 5.32 Å². The van der Waals surface area contributed by atoms with Crippen molar-refractivity contribution in [3.63, 3.8) is 0 Å². The van der Waals surface area contributed by atoms with E-state index in [0.29, 0.717) is 24.2 Å². The van der Waals surface area contributed by atoms with Gasteiger partial charge in [0.2, 0.25) is 0 Å². The highest BCUT2D eigenvalue weighted by Crippen LogP contribution is 2.13. The largest absolute Gasteiger partial charge is 0.387 e. The molecule has 0 spiro atoms. The Bertz CT molecular complexity index is 622. The Morgan fingerprint density at radius 1 is 1.20 bits per heavy atom. The zero-order valence-corrected chi connectivity index (χ0v) is 10.9. The fraction of sp³-hybridized carbons (Fsp3) is 0.188. The molecule has 20 heavy (non-hydrogen) atoms. The van der Waals surface area contributed by atoms with Crippen LogP contribution in [0.3, 0.4) is 0 Å². The Hall–Kier alpha value is -2.22. The summed E-state index contributed by atoms with van der Waals surface area (Å²) in [6, 6.07) is 15.3. The van der Waals surface area contributed by atoms with Crippen molar-refractivity contribution in [3.05, 3.63) is 71.0 Å². The second-order valence-corrected chi connectivity index (χ2v) is 4.51. The van der Waals surface area contributed by atoms with E-state index in [1.165, 1.54) is 12.1 Å². The van der Waals surface area contributed by atoms with Crippen LogP contribution in [0.1, 0.15) is 22.8 Å². The van der Waals surface area contributed by atoms with Gasteiger partial charge in [-0.15, -0.1) is 0 Å². The van der Waals surface area contributed by atoms with Gasteiger partial charge < -0.3 is 10.4 Å². The first-order valence-corrected chi connectivity index (χ1v) is 6.32. The lowest BCUT2D eigenvalue weighted by atomic mass is 10.1. The summed E-state index contributed by atoms with van der Waals surface area (Å²) in [7, 11) is 0. The number of nitriles is 1. The first-order chi connectivity index (χ1) is 9.69. The van der Waals surface area contributed by atoms with E-state index in [1.54, 1.807) is 24.3 Å². The predicted octanol–water partition coefficient (Wildman–Crippen LogP) is 2.52. The number of rotatable bonds is 5. The van der Waals surface area contributed by atoms with E-state index in [4.69, 9.17) is 5.26 Å². The normalized spacial score (nSPS) is 11.8. The summed E-state index contributed by atoms with van der Waals surface area (Å²) < 4.78 is 13.0. The number of benzene rings is 2. The molecule has 2 rings (SSSR count). The van der Waals surface area contributed by atoms with Gasteiger partial charge in [0.25, 0.3) is 0 Å². The van der Waals surface area contributed by atoms with Crippen LogP contribution in [0.2, 0.25) is 0 Å². The summed E-state index contributed by atoms with van der Waals surface area (Å²) in [5.41, 5.74) is 2.12. The molecule has 0 aliphatic carbocycles. The van der Waals surface area contributed by atoms with Crippen molar-refractivity contribution in [1.29, 1.82) is 5.26 Å². The lowest BCUT2D eigenvalue weighted by Gasteiger charge is -2.12.